The van der Waals surface area contributed by atoms with E-state index in [0.29, 0.717) is 67.1 Å². The molecule has 7 nitrogen and oxygen atoms in total. The number of ether oxygens (including phenoxy) is 3. The summed E-state index contributed by atoms with van der Waals surface area (Å²) in [5.74, 6) is 1.02. The van der Waals surface area contributed by atoms with Gasteiger partial charge < -0.3 is 24.4 Å². The molecule has 154 valence electrons. The summed E-state index contributed by atoms with van der Waals surface area (Å²) in [7, 11) is 0. The number of nitrogens with one attached hydrogen (secondary N) is 1. The van der Waals surface area contributed by atoms with Gasteiger partial charge in [0.25, 0.3) is 11.8 Å². The quantitative estimate of drug-likeness (QED) is 0.697. The molecule has 2 aromatic carbocycles. The van der Waals surface area contributed by atoms with Gasteiger partial charge in [0.15, 0.2) is 11.5 Å². The zero-order valence-corrected chi connectivity index (χ0v) is 17.0. The zero-order valence-electron chi connectivity index (χ0n) is 16.2. The Bertz CT molecular complexity index is 1120. The van der Waals surface area contributed by atoms with Crippen LogP contribution in [0.2, 0.25) is 0 Å². The summed E-state index contributed by atoms with van der Waals surface area (Å²) in [6.45, 7) is 3.36. The number of hydrogen-bond acceptors (Lipinski definition) is 6. The predicted molar refractivity (Wildman–Crippen MR) is 114 cm³/mol. The van der Waals surface area contributed by atoms with Crippen molar-refractivity contribution >= 4 is 38.9 Å². The van der Waals surface area contributed by atoms with Crippen molar-refractivity contribution in [3.63, 3.8) is 0 Å². The molecule has 0 spiro atoms. The third-order valence-electron chi connectivity index (χ3n) is 5.09. The van der Waals surface area contributed by atoms with Gasteiger partial charge in [-0.1, -0.05) is 0 Å². The van der Waals surface area contributed by atoms with Gasteiger partial charge in [-0.25, -0.2) is 0 Å². The maximum atomic E-state index is 12.7. The van der Waals surface area contributed by atoms with Crippen molar-refractivity contribution < 1.29 is 23.8 Å². The summed E-state index contributed by atoms with van der Waals surface area (Å²) in [6, 6.07) is 12.7. The highest BCUT2D eigenvalue weighted by Crippen LogP contribution is 2.32. The highest BCUT2D eigenvalue weighted by molar-refractivity contribution is 7.20. The van der Waals surface area contributed by atoms with Gasteiger partial charge in [0.2, 0.25) is 0 Å². The van der Waals surface area contributed by atoms with E-state index in [1.54, 1.807) is 18.2 Å². The standard InChI is InChI=1S/C22H20N2O5S/c25-21(14-1-3-17-18(12-14)29-10-9-28-17)23-16-2-4-19-15(11-16)13-20(30-19)22(26)24-5-7-27-8-6-24/h1-4,11-13H,5-10H2,(H,23,25). The Balaban J connectivity index is 1.33. The number of amides is 2. The zero-order chi connectivity index (χ0) is 20.5. The maximum absolute atomic E-state index is 12.7. The summed E-state index contributed by atoms with van der Waals surface area (Å²) in [5.41, 5.74) is 1.17. The van der Waals surface area contributed by atoms with Crippen molar-refractivity contribution in [2.75, 3.05) is 44.8 Å². The summed E-state index contributed by atoms with van der Waals surface area (Å²) < 4.78 is 17.4. The highest BCUT2D eigenvalue weighted by Gasteiger charge is 2.21. The van der Waals surface area contributed by atoms with Crippen molar-refractivity contribution in [3.05, 3.63) is 52.9 Å². The molecular weight excluding hydrogens is 404 g/mol. The number of nitrogens with zero attached hydrogens (tertiary/aromatic N) is 1. The Morgan fingerprint density at radius 3 is 2.53 bits per heavy atom. The third kappa shape index (κ3) is 3.71. The maximum Gasteiger partial charge on any atom is 0.264 e. The second kappa shape index (κ2) is 7.97. The van der Waals surface area contributed by atoms with Gasteiger partial charge in [-0.2, -0.15) is 0 Å². The molecule has 2 amide bonds. The third-order valence-corrected chi connectivity index (χ3v) is 6.19. The van der Waals surface area contributed by atoms with Crippen molar-refractivity contribution in [1.82, 2.24) is 4.90 Å². The first-order chi connectivity index (χ1) is 14.7. The second-order valence-corrected chi connectivity index (χ2v) is 8.16. The normalized spacial score (nSPS) is 15.8. The molecule has 2 aliphatic heterocycles. The Labute approximate surface area is 177 Å². The lowest BCUT2D eigenvalue weighted by Gasteiger charge is -2.26. The van der Waals surface area contributed by atoms with Crippen molar-refractivity contribution in [3.8, 4) is 11.5 Å². The van der Waals surface area contributed by atoms with E-state index in [1.165, 1.54) is 11.3 Å². The van der Waals surface area contributed by atoms with Crippen LogP contribution in [0, 0.1) is 0 Å². The number of carbonyl (C=O) groups is 2. The smallest absolute Gasteiger partial charge is 0.264 e. The summed E-state index contributed by atoms with van der Waals surface area (Å²) in [6.07, 6.45) is 0. The van der Waals surface area contributed by atoms with Crippen LogP contribution in [0.25, 0.3) is 10.1 Å². The molecule has 0 aliphatic carbocycles. The molecule has 1 aromatic heterocycles. The molecule has 30 heavy (non-hydrogen) atoms. The van der Waals surface area contributed by atoms with Crippen LogP contribution in [0.4, 0.5) is 5.69 Å². The second-order valence-electron chi connectivity index (χ2n) is 7.08. The summed E-state index contributed by atoms with van der Waals surface area (Å²) in [5, 5.41) is 3.84. The number of carbonyl (C=O) groups excluding carboxylic acids is 2. The molecule has 5 rings (SSSR count). The van der Waals surface area contributed by atoms with Gasteiger partial charge in [-0.15, -0.1) is 11.3 Å². The molecule has 0 atom stereocenters. The van der Waals surface area contributed by atoms with E-state index in [1.807, 2.05) is 29.2 Å². The Morgan fingerprint density at radius 2 is 1.70 bits per heavy atom. The van der Waals surface area contributed by atoms with Crippen LogP contribution in [-0.2, 0) is 4.74 Å². The molecule has 1 fully saturated rings. The lowest BCUT2D eigenvalue weighted by molar-refractivity contribution is 0.0306. The fourth-order valence-corrected chi connectivity index (χ4v) is 4.55. The summed E-state index contributed by atoms with van der Waals surface area (Å²) >= 11 is 1.46. The first-order valence-corrected chi connectivity index (χ1v) is 10.6. The first-order valence-electron chi connectivity index (χ1n) is 9.79. The lowest BCUT2D eigenvalue weighted by atomic mass is 10.1. The fraction of sp³-hybridized carbons (Fsp3) is 0.273. The molecule has 1 N–H and O–H groups in total. The number of thiophene rings is 1. The monoisotopic (exact) mass is 424 g/mol. The van der Waals surface area contributed by atoms with E-state index in [0.717, 1.165) is 10.1 Å². The number of rotatable bonds is 3. The van der Waals surface area contributed by atoms with Crippen LogP contribution < -0.4 is 14.8 Å². The number of hydrogen-bond donors (Lipinski definition) is 1. The molecule has 3 heterocycles. The van der Waals surface area contributed by atoms with Gasteiger partial charge in [-0.3, -0.25) is 9.59 Å². The topological polar surface area (TPSA) is 77.1 Å². The molecule has 0 saturated carbocycles. The molecule has 0 radical (unpaired) electrons. The molecule has 8 heteroatoms. The van der Waals surface area contributed by atoms with Gasteiger partial charge in [0, 0.05) is 29.0 Å². The lowest BCUT2D eigenvalue weighted by Crippen LogP contribution is -2.40. The van der Waals surface area contributed by atoms with Gasteiger partial charge >= 0.3 is 0 Å². The van der Waals surface area contributed by atoms with Crippen molar-refractivity contribution in [2.45, 2.75) is 0 Å². The van der Waals surface area contributed by atoms with Crippen molar-refractivity contribution in [2.24, 2.45) is 0 Å². The molecule has 2 aliphatic rings. The minimum atomic E-state index is -0.230. The highest BCUT2D eigenvalue weighted by atomic mass is 32.1. The van der Waals surface area contributed by atoms with E-state index >= 15 is 0 Å². The van der Waals surface area contributed by atoms with Crippen LogP contribution in [0.1, 0.15) is 20.0 Å². The largest absolute Gasteiger partial charge is 0.486 e. The van der Waals surface area contributed by atoms with Gasteiger partial charge in [-0.05, 0) is 47.9 Å². The minimum absolute atomic E-state index is 0.0290. The molecule has 0 unspecified atom stereocenters. The first kappa shape index (κ1) is 18.9. The number of benzene rings is 2. The predicted octanol–water partition coefficient (Wildman–Crippen LogP) is 3.40. The van der Waals surface area contributed by atoms with E-state index in [9.17, 15) is 9.59 Å². The van der Waals surface area contributed by atoms with Crippen LogP contribution in [0.15, 0.2) is 42.5 Å². The van der Waals surface area contributed by atoms with Crippen LogP contribution in [0.3, 0.4) is 0 Å². The Kier molecular flexibility index (Phi) is 5.02. The van der Waals surface area contributed by atoms with Crippen LogP contribution in [0.5, 0.6) is 11.5 Å². The minimum Gasteiger partial charge on any atom is -0.486 e. The van der Waals surface area contributed by atoms with E-state index < -0.39 is 0 Å². The number of anilines is 1. The Morgan fingerprint density at radius 1 is 0.900 bits per heavy atom. The van der Waals surface area contributed by atoms with E-state index in [4.69, 9.17) is 14.2 Å². The number of fused-ring (bicyclic) bond motifs is 2. The average Bonchev–Trinajstić information content (AvgIpc) is 3.22. The van der Waals surface area contributed by atoms with Crippen LogP contribution in [-0.4, -0.2) is 56.2 Å². The molecule has 0 bridgehead atoms. The summed E-state index contributed by atoms with van der Waals surface area (Å²) in [4.78, 5) is 27.9. The average molecular weight is 424 g/mol. The number of morpholine rings is 1. The molecule has 1 saturated heterocycles. The molecule has 3 aromatic rings. The SMILES string of the molecule is O=C(Nc1ccc2sc(C(=O)N3CCOCC3)cc2c1)c1ccc2c(c1)OCCO2. The van der Waals surface area contributed by atoms with Gasteiger partial charge in [0.1, 0.15) is 13.2 Å². The van der Waals surface area contributed by atoms with Crippen LogP contribution >= 0.6 is 11.3 Å². The van der Waals surface area contributed by atoms with E-state index in [2.05, 4.69) is 5.32 Å². The van der Waals surface area contributed by atoms with Gasteiger partial charge in [0.05, 0.1) is 18.1 Å². The van der Waals surface area contributed by atoms with E-state index in [-0.39, 0.29) is 11.8 Å². The Hall–Kier alpha value is -3.10. The van der Waals surface area contributed by atoms with Crippen molar-refractivity contribution in [1.29, 1.82) is 0 Å². The molecular formula is C22H20N2O5S. The fourth-order valence-electron chi connectivity index (χ4n) is 3.54.